The van der Waals surface area contributed by atoms with E-state index in [-0.39, 0.29) is 11.7 Å². The Hall–Kier alpha value is -1.42. The predicted octanol–water partition coefficient (Wildman–Crippen LogP) is 1.94. The van der Waals surface area contributed by atoms with Crippen molar-refractivity contribution in [1.29, 1.82) is 0 Å². The van der Waals surface area contributed by atoms with Crippen LogP contribution in [0.15, 0.2) is 18.2 Å². The Balaban J connectivity index is 2.19. The van der Waals surface area contributed by atoms with Gasteiger partial charge in [0.25, 0.3) is 0 Å². The molecule has 3 nitrogen and oxygen atoms in total. The Morgan fingerprint density at radius 3 is 3.06 bits per heavy atom. The summed E-state index contributed by atoms with van der Waals surface area (Å²) in [7, 11) is 0. The Bertz CT molecular complexity index is 414. The van der Waals surface area contributed by atoms with E-state index in [9.17, 15) is 9.18 Å². The number of hydrogen-bond acceptors (Lipinski definition) is 2. The number of hydrogen-bond donors (Lipinski definition) is 2. The van der Waals surface area contributed by atoms with Crippen molar-refractivity contribution >= 4 is 11.6 Å². The summed E-state index contributed by atoms with van der Waals surface area (Å²) in [5.41, 5.74) is 1.22. The number of halogens is 1. The first-order valence-corrected chi connectivity index (χ1v) is 5.92. The van der Waals surface area contributed by atoms with Crippen molar-refractivity contribution in [3.05, 3.63) is 29.6 Å². The van der Waals surface area contributed by atoms with Crippen molar-refractivity contribution in [2.24, 2.45) is 5.92 Å². The van der Waals surface area contributed by atoms with Gasteiger partial charge in [-0.2, -0.15) is 0 Å². The van der Waals surface area contributed by atoms with Crippen LogP contribution in [0, 0.1) is 11.7 Å². The summed E-state index contributed by atoms with van der Waals surface area (Å²) in [6, 6.07) is 4.95. The molecule has 4 heteroatoms. The molecule has 0 radical (unpaired) electrons. The maximum absolute atomic E-state index is 13.7. The van der Waals surface area contributed by atoms with Crippen LogP contribution in [-0.4, -0.2) is 19.0 Å². The molecule has 1 amide bonds. The molecule has 1 fully saturated rings. The molecule has 92 valence electrons. The topological polar surface area (TPSA) is 41.1 Å². The average molecular weight is 236 g/mol. The standard InChI is InChI=1S/C13H17FN2O/c1-9(17)16-13-11(3-2-4-12(13)14)7-10-5-6-15-8-10/h2-4,10,15H,5-8H2,1H3,(H,16,17). The molecule has 1 aliphatic heterocycles. The molecular formula is C13H17FN2O. The van der Waals surface area contributed by atoms with Crippen LogP contribution in [-0.2, 0) is 11.2 Å². The number of rotatable bonds is 3. The lowest BCUT2D eigenvalue weighted by Crippen LogP contribution is -2.14. The van der Waals surface area contributed by atoms with Gasteiger partial charge in [-0.15, -0.1) is 0 Å². The minimum absolute atomic E-state index is 0.235. The number of carbonyl (C=O) groups excluding carboxylic acids is 1. The SMILES string of the molecule is CC(=O)Nc1c(F)cccc1CC1CCNC1. The second-order valence-electron chi connectivity index (χ2n) is 4.52. The molecule has 1 aromatic carbocycles. The fraction of sp³-hybridized carbons (Fsp3) is 0.462. The van der Waals surface area contributed by atoms with Crippen molar-refractivity contribution < 1.29 is 9.18 Å². The molecule has 0 aromatic heterocycles. The van der Waals surface area contributed by atoms with Crippen molar-refractivity contribution in [3.63, 3.8) is 0 Å². The number of para-hydroxylation sites is 1. The number of benzene rings is 1. The van der Waals surface area contributed by atoms with Gasteiger partial charge in [0.15, 0.2) is 0 Å². The predicted molar refractivity (Wildman–Crippen MR) is 65.4 cm³/mol. The highest BCUT2D eigenvalue weighted by Gasteiger charge is 2.18. The van der Waals surface area contributed by atoms with Crippen LogP contribution in [0.2, 0.25) is 0 Å². The molecule has 2 N–H and O–H groups in total. The molecule has 1 saturated heterocycles. The maximum Gasteiger partial charge on any atom is 0.221 e. The molecule has 1 heterocycles. The smallest absolute Gasteiger partial charge is 0.221 e. The highest BCUT2D eigenvalue weighted by Crippen LogP contribution is 2.24. The summed E-state index contributed by atoms with van der Waals surface area (Å²) in [6.45, 7) is 3.39. The third kappa shape index (κ3) is 3.03. The number of nitrogens with one attached hydrogen (secondary N) is 2. The summed E-state index contributed by atoms with van der Waals surface area (Å²) >= 11 is 0. The maximum atomic E-state index is 13.7. The van der Waals surface area contributed by atoms with E-state index in [0.717, 1.165) is 31.5 Å². The molecule has 0 aliphatic carbocycles. The van der Waals surface area contributed by atoms with Crippen LogP contribution in [0.3, 0.4) is 0 Å². The first kappa shape index (κ1) is 12.0. The van der Waals surface area contributed by atoms with Gasteiger partial charge >= 0.3 is 0 Å². The van der Waals surface area contributed by atoms with Crippen LogP contribution in [0.5, 0.6) is 0 Å². The zero-order chi connectivity index (χ0) is 12.3. The average Bonchev–Trinajstić information content (AvgIpc) is 2.75. The largest absolute Gasteiger partial charge is 0.324 e. The lowest BCUT2D eigenvalue weighted by atomic mass is 9.97. The molecular weight excluding hydrogens is 219 g/mol. The van der Waals surface area contributed by atoms with E-state index in [1.165, 1.54) is 13.0 Å². The van der Waals surface area contributed by atoms with E-state index in [4.69, 9.17) is 0 Å². The Kier molecular flexibility index (Phi) is 3.74. The zero-order valence-corrected chi connectivity index (χ0v) is 9.92. The summed E-state index contributed by atoms with van der Waals surface area (Å²) in [5, 5.41) is 5.87. The molecule has 0 spiro atoms. The van der Waals surface area contributed by atoms with E-state index in [1.54, 1.807) is 6.07 Å². The minimum atomic E-state index is -0.358. The molecule has 17 heavy (non-hydrogen) atoms. The van der Waals surface area contributed by atoms with E-state index in [0.29, 0.717) is 11.6 Å². The van der Waals surface area contributed by atoms with Crippen molar-refractivity contribution in [2.75, 3.05) is 18.4 Å². The summed E-state index contributed by atoms with van der Waals surface area (Å²) in [6.07, 6.45) is 1.91. The van der Waals surface area contributed by atoms with Gasteiger partial charge in [0.2, 0.25) is 5.91 Å². The van der Waals surface area contributed by atoms with Gasteiger partial charge in [0, 0.05) is 6.92 Å². The third-order valence-electron chi connectivity index (χ3n) is 3.07. The van der Waals surface area contributed by atoms with E-state index in [1.807, 2.05) is 6.07 Å². The number of anilines is 1. The molecule has 1 aliphatic rings. The van der Waals surface area contributed by atoms with Crippen molar-refractivity contribution in [2.45, 2.75) is 19.8 Å². The first-order valence-electron chi connectivity index (χ1n) is 5.92. The molecule has 1 atom stereocenters. The van der Waals surface area contributed by atoms with Gasteiger partial charge in [-0.25, -0.2) is 4.39 Å². The van der Waals surface area contributed by atoms with E-state index >= 15 is 0 Å². The van der Waals surface area contributed by atoms with Crippen LogP contribution < -0.4 is 10.6 Å². The summed E-state index contributed by atoms with van der Waals surface area (Å²) < 4.78 is 13.7. The highest BCUT2D eigenvalue weighted by molar-refractivity contribution is 5.89. The zero-order valence-electron chi connectivity index (χ0n) is 9.92. The van der Waals surface area contributed by atoms with Gasteiger partial charge in [0.1, 0.15) is 5.82 Å². The fourth-order valence-corrected chi connectivity index (χ4v) is 2.25. The first-order chi connectivity index (χ1) is 8.16. The van der Waals surface area contributed by atoms with Gasteiger partial charge in [-0.05, 0) is 43.5 Å². The summed E-state index contributed by atoms with van der Waals surface area (Å²) in [4.78, 5) is 11.1. The van der Waals surface area contributed by atoms with Gasteiger partial charge in [0.05, 0.1) is 5.69 Å². The molecule has 2 rings (SSSR count). The van der Waals surface area contributed by atoms with Gasteiger partial charge < -0.3 is 10.6 Å². The Labute approximate surface area is 100 Å². The Morgan fingerprint density at radius 1 is 1.59 bits per heavy atom. The number of amides is 1. The number of carbonyl (C=O) groups is 1. The lowest BCUT2D eigenvalue weighted by molar-refractivity contribution is -0.114. The second kappa shape index (κ2) is 5.27. The lowest BCUT2D eigenvalue weighted by Gasteiger charge is -2.14. The highest BCUT2D eigenvalue weighted by atomic mass is 19.1. The quantitative estimate of drug-likeness (QED) is 0.842. The van der Waals surface area contributed by atoms with E-state index < -0.39 is 0 Å². The summed E-state index contributed by atoms with van der Waals surface area (Å²) in [5.74, 6) is -0.0612. The third-order valence-corrected chi connectivity index (χ3v) is 3.07. The van der Waals surface area contributed by atoms with Crippen LogP contribution in [0.4, 0.5) is 10.1 Å². The normalized spacial score (nSPS) is 19.3. The van der Waals surface area contributed by atoms with Gasteiger partial charge in [-0.1, -0.05) is 12.1 Å². The molecule has 0 saturated carbocycles. The second-order valence-corrected chi connectivity index (χ2v) is 4.52. The fourth-order valence-electron chi connectivity index (χ4n) is 2.25. The molecule has 1 aromatic rings. The molecule has 0 bridgehead atoms. The monoisotopic (exact) mass is 236 g/mol. The van der Waals surface area contributed by atoms with Crippen molar-refractivity contribution in [1.82, 2.24) is 5.32 Å². The van der Waals surface area contributed by atoms with Gasteiger partial charge in [-0.3, -0.25) is 4.79 Å². The van der Waals surface area contributed by atoms with E-state index in [2.05, 4.69) is 10.6 Å². The van der Waals surface area contributed by atoms with Crippen LogP contribution >= 0.6 is 0 Å². The van der Waals surface area contributed by atoms with Crippen LogP contribution in [0.1, 0.15) is 18.9 Å². The van der Waals surface area contributed by atoms with Crippen molar-refractivity contribution in [3.8, 4) is 0 Å². The molecule has 1 unspecified atom stereocenters. The van der Waals surface area contributed by atoms with Crippen LogP contribution in [0.25, 0.3) is 0 Å². The minimum Gasteiger partial charge on any atom is -0.324 e. The Morgan fingerprint density at radius 2 is 2.41 bits per heavy atom.